The van der Waals surface area contributed by atoms with Crippen molar-refractivity contribution in [2.24, 2.45) is 12.0 Å². The third kappa shape index (κ3) is 6.70. The molecule has 2 aromatic rings. The van der Waals surface area contributed by atoms with E-state index in [1.807, 2.05) is 11.7 Å². The zero-order valence-electron chi connectivity index (χ0n) is 18.8. The second-order valence-electron chi connectivity index (χ2n) is 7.92. The van der Waals surface area contributed by atoms with Gasteiger partial charge < -0.3 is 10.6 Å². The van der Waals surface area contributed by atoms with Crippen molar-refractivity contribution >= 4 is 29.9 Å². The van der Waals surface area contributed by atoms with Gasteiger partial charge in [0.05, 0.1) is 12.2 Å². The van der Waals surface area contributed by atoms with E-state index in [1.54, 1.807) is 0 Å². The topological polar surface area (TPSA) is 57.5 Å². The Morgan fingerprint density at radius 3 is 2.63 bits per heavy atom. The summed E-state index contributed by atoms with van der Waals surface area (Å²) in [7, 11) is 2.01. The molecule has 1 atom stereocenters. The van der Waals surface area contributed by atoms with Gasteiger partial charge in [-0.15, -0.1) is 24.0 Å². The number of halogens is 1. The Morgan fingerprint density at radius 2 is 1.97 bits per heavy atom. The van der Waals surface area contributed by atoms with Gasteiger partial charge in [-0.25, -0.2) is 0 Å². The second kappa shape index (κ2) is 12.3. The summed E-state index contributed by atoms with van der Waals surface area (Å²) in [5, 5.41) is 11.4. The number of likely N-dealkylation sites (tertiary alicyclic amines) is 1. The molecule has 6 nitrogen and oxygen atoms in total. The largest absolute Gasteiger partial charge is 0.357 e. The van der Waals surface area contributed by atoms with Crippen molar-refractivity contribution < 1.29 is 0 Å². The fourth-order valence-corrected chi connectivity index (χ4v) is 4.15. The van der Waals surface area contributed by atoms with E-state index in [4.69, 9.17) is 4.99 Å². The maximum absolute atomic E-state index is 4.90. The lowest BCUT2D eigenvalue weighted by Gasteiger charge is -2.23. The Morgan fingerprint density at radius 1 is 1.20 bits per heavy atom. The van der Waals surface area contributed by atoms with Gasteiger partial charge in [-0.05, 0) is 57.7 Å². The van der Waals surface area contributed by atoms with E-state index < -0.39 is 0 Å². The highest BCUT2D eigenvalue weighted by Crippen LogP contribution is 2.20. The monoisotopic (exact) mass is 524 g/mol. The molecular weight excluding hydrogens is 487 g/mol. The lowest BCUT2D eigenvalue weighted by Crippen LogP contribution is -2.40. The molecule has 1 unspecified atom stereocenters. The Kier molecular flexibility index (Phi) is 10.1. The van der Waals surface area contributed by atoms with Gasteiger partial charge in [-0.1, -0.05) is 30.3 Å². The maximum atomic E-state index is 4.90. The third-order valence-corrected chi connectivity index (χ3v) is 5.86. The van der Waals surface area contributed by atoms with Crippen LogP contribution in [0.25, 0.3) is 0 Å². The number of aliphatic imine (C=N–C) groups is 1. The normalized spacial score (nSPS) is 17.1. The van der Waals surface area contributed by atoms with Crippen molar-refractivity contribution in [3.05, 3.63) is 52.8 Å². The predicted octanol–water partition coefficient (Wildman–Crippen LogP) is 3.42. The minimum atomic E-state index is 0. The molecule has 0 radical (unpaired) electrons. The van der Waals surface area contributed by atoms with Gasteiger partial charge in [0, 0.05) is 38.4 Å². The number of guanidine groups is 1. The molecule has 0 spiro atoms. The van der Waals surface area contributed by atoms with Crippen LogP contribution in [0.3, 0.4) is 0 Å². The molecule has 1 aliphatic heterocycles. The maximum Gasteiger partial charge on any atom is 0.191 e. The van der Waals surface area contributed by atoms with Gasteiger partial charge in [-0.2, -0.15) is 5.10 Å². The number of nitrogens with one attached hydrogen (secondary N) is 2. The predicted molar refractivity (Wildman–Crippen MR) is 136 cm³/mol. The van der Waals surface area contributed by atoms with Crippen LogP contribution in [-0.4, -0.2) is 52.9 Å². The molecule has 30 heavy (non-hydrogen) atoms. The first kappa shape index (κ1) is 24.7. The van der Waals surface area contributed by atoms with Gasteiger partial charge in [-0.3, -0.25) is 14.6 Å². The van der Waals surface area contributed by atoms with Crippen LogP contribution in [0, 0.1) is 13.8 Å². The molecule has 0 amide bonds. The highest BCUT2D eigenvalue weighted by Gasteiger charge is 2.24. The van der Waals surface area contributed by atoms with Crippen molar-refractivity contribution in [2.45, 2.75) is 52.6 Å². The Hall–Kier alpha value is -1.61. The third-order valence-electron chi connectivity index (χ3n) is 5.86. The number of hydrogen-bond acceptors (Lipinski definition) is 3. The van der Waals surface area contributed by atoms with Gasteiger partial charge >= 0.3 is 0 Å². The van der Waals surface area contributed by atoms with Crippen LogP contribution in [-0.2, 0) is 20.0 Å². The minimum absolute atomic E-state index is 0. The van der Waals surface area contributed by atoms with Crippen molar-refractivity contribution in [1.82, 2.24) is 25.3 Å². The number of benzene rings is 1. The molecule has 1 aromatic heterocycles. The summed E-state index contributed by atoms with van der Waals surface area (Å²) in [6, 6.07) is 11.3. The molecule has 0 bridgehead atoms. The van der Waals surface area contributed by atoms with Crippen LogP contribution in [0.4, 0.5) is 0 Å². The molecular formula is C23H37IN6. The lowest BCUT2D eigenvalue weighted by molar-refractivity contribution is 0.250. The van der Waals surface area contributed by atoms with Crippen LogP contribution in [0.15, 0.2) is 35.3 Å². The number of hydrogen-bond donors (Lipinski definition) is 2. The van der Waals surface area contributed by atoms with Gasteiger partial charge in [0.2, 0.25) is 0 Å². The number of rotatable bonds is 8. The molecule has 2 N–H and O–H groups in total. The molecule has 1 fully saturated rings. The number of nitrogens with zero attached hydrogens (tertiary/aromatic N) is 4. The van der Waals surface area contributed by atoms with Crippen LogP contribution in [0.2, 0.25) is 0 Å². The Balaban J connectivity index is 0.00000320. The van der Waals surface area contributed by atoms with E-state index >= 15 is 0 Å². The molecule has 0 aliphatic carbocycles. The molecule has 2 heterocycles. The van der Waals surface area contributed by atoms with Crippen molar-refractivity contribution in [1.29, 1.82) is 0 Å². The van der Waals surface area contributed by atoms with Crippen LogP contribution in [0.1, 0.15) is 42.3 Å². The van der Waals surface area contributed by atoms with Crippen molar-refractivity contribution in [2.75, 3.05) is 26.2 Å². The fourth-order valence-electron chi connectivity index (χ4n) is 4.15. The van der Waals surface area contributed by atoms with Crippen LogP contribution in [0.5, 0.6) is 0 Å². The van der Waals surface area contributed by atoms with E-state index in [9.17, 15) is 0 Å². The van der Waals surface area contributed by atoms with E-state index in [0.717, 1.165) is 44.3 Å². The van der Waals surface area contributed by atoms with Gasteiger partial charge in [0.15, 0.2) is 5.96 Å². The first-order chi connectivity index (χ1) is 14.1. The van der Waals surface area contributed by atoms with E-state index in [-0.39, 0.29) is 24.0 Å². The fraction of sp³-hybridized carbons (Fsp3) is 0.565. The highest BCUT2D eigenvalue weighted by molar-refractivity contribution is 14.0. The smallest absolute Gasteiger partial charge is 0.191 e. The van der Waals surface area contributed by atoms with Crippen molar-refractivity contribution in [3.63, 3.8) is 0 Å². The summed E-state index contributed by atoms with van der Waals surface area (Å²) in [4.78, 5) is 7.47. The zero-order chi connectivity index (χ0) is 20.6. The van der Waals surface area contributed by atoms with E-state index in [2.05, 4.69) is 71.7 Å². The summed E-state index contributed by atoms with van der Waals surface area (Å²) in [6.07, 6.45) is 3.44. The lowest BCUT2D eigenvalue weighted by atomic mass is 10.1. The second-order valence-corrected chi connectivity index (χ2v) is 7.92. The molecule has 0 saturated carbocycles. The van der Waals surface area contributed by atoms with E-state index in [0.29, 0.717) is 6.04 Å². The molecule has 1 saturated heterocycles. The average molecular weight is 524 g/mol. The quantitative estimate of drug-likeness (QED) is 0.316. The molecule has 3 rings (SSSR count). The average Bonchev–Trinajstić information content (AvgIpc) is 3.25. The summed E-state index contributed by atoms with van der Waals surface area (Å²) in [5.41, 5.74) is 5.08. The molecule has 1 aliphatic rings. The molecule has 1 aromatic carbocycles. The molecule has 166 valence electrons. The van der Waals surface area contributed by atoms with Crippen LogP contribution >= 0.6 is 24.0 Å². The minimum Gasteiger partial charge on any atom is -0.357 e. The summed E-state index contributed by atoms with van der Waals surface area (Å²) < 4.78 is 1.96. The van der Waals surface area contributed by atoms with Crippen molar-refractivity contribution in [3.8, 4) is 0 Å². The summed E-state index contributed by atoms with van der Waals surface area (Å²) in [6.45, 7) is 11.1. The SMILES string of the molecule is CCNC(=NCC1CCCN1Cc1ccccc1)NCCc1c(C)nn(C)c1C.I. The van der Waals surface area contributed by atoms with Crippen LogP contribution < -0.4 is 10.6 Å². The number of aromatic nitrogens is 2. The molecule has 7 heteroatoms. The first-order valence-electron chi connectivity index (χ1n) is 10.9. The number of aryl methyl sites for hydroxylation is 2. The first-order valence-corrected chi connectivity index (χ1v) is 10.9. The Bertz CT molecular complexity index is 802. The summed E-state index contributed by atoms with van der Waals surface area (Å²) in [5.74, 6) is 0.915. The summed E-state index contributed by atoms with van der Waals surface area (Å²) >= 11 is 0. The van der Waals surface area contributed by atoms with Gasteiger partial charge in [0.1, 0.15) is 0 Å². The van der Waals surface area contributed by atoms with E-state index in [1.165, 1.54) is 36.2 Å². The standard InChI is InChI=1S/C23H36N6.HI/c1-5-24-23(25-14-13-22-18(2)27-28(4)19(22)3)26-16-21-12-9-15-29(21)17-20-10-7-6-8-11-20;/h6-8,10-11,21H,5,9,12-17H2,1-4H3,(H2,24,25,26);1H. The highest BCUT2D eigenvalue weighted by atomic mass is 127. The van der Waals surface area contributed by atoms with Gasteiger partial charge in [0.25, 0.3) is 0 Å². The zero-order valence-corrected chi connectivity index (χ0v) is 21.1. The Labute approximate surface area is 198 Å².